The van der Waals surface area contributed by atoms with Crippen LogP contribution >= 0.6 is 0 Å². The molecule has 2 aromatic carbocycles. The van der Waals surface area contributed by atoms with Crippen LogP contribution in [0.3, 0.4) is 0 Å². The molecule has 0 heterocycles. The second-order valence-electron chi connectivity index (χ2n) is 6.20. The number of nitrogens with two attached hydrogens (primary N) is 1. The minimum atomic E-state index is -4.37. The van der Waals surface area contributed by atoms with E-state index in [1.807, 2.05) is 6.92 Å². The van der Waals surface area contributed by atoms with Gasteiger partial charge in [0.25, 0.3) is 5.91 Å². The van der Waals surface area contributed by atoms with Crippen LogP contribution in [0.1, 0.15) is 30.9 Å². The first-order valence-electron chi connectivity index (χ1n) is 8.71. The van der Waals surface area contributed by atoms with Crippen LogP contribution in [0.2, 0.25) is 0 Å². The van der Waals surface area contributed by atoms with Crippen molar-refractivity contribution < 1.29 is 27.5 Å². The quantitative estimate of drug-likeness (QED) is 0.737. The number of hydrogen-bond acceptors (Lipinski definition) is 3. The van der Waals surface area contributed by atoms with Gasteiger partial charge in [-0.3, -0.25) is 4.79 Å². The number of alkyl halides is 3. The highest BCUT2D eigenvalue weighted by atomic mass is 19.4. The van der Waals surface area contributed by atoms with Gasteiger partial charge in [0, 0.05) is 6.54 Å². The van der Waals surface area contributed by atoms with Gasteiger partial charge in [-0.1, -0.05) is 49.7 Å². The Morgan fingerprint density at radius 1 is 1.04 bits per heavy atom. The minimum absolute atomic E-state index is 0.217. The Morgan fingerprint density at radius 2 is 1.57 bits per heavy atom. The maximum absolute atomic E-state index is 12.6. The van der Waals surface area contributed by atoms with E-state index in [4.69, 9.17) is 10.5 Å². The summed E-state index contributed by atoms with van der Waals surface area (Å²) >= 11 is 0. The lowest BCUT2D eigenvalue weighted by Gasteiger charge is -2.15. The fourth-order valence-electron chi connectivity index (χ4n) is 2.62. The molecule has 0 saturated heterocycles. The van der Waals surface area contributed by atoms with Gasteiger partial charge in [-0.25, -0.2) is 4.79 Å². The highest BCUT2D eigenvalue weighted by molar-refractivity contribution is 5.83. The second kappa shape index (κ2) is 9.25. The molecule has 3 N–H and O–H groups in total. The monoisotopic (exact) mass is 394 g/mol. The largest absolute Gasteiger partial charge is 0.436 e. The van der Waals surface area contributed by atoms with Crippen molar-refractivity contribution in [1.29, 1.82) is 0 Å². The summed E-state index contributed by atoms with van der Waals surface area (Å²) in [6, 6.07) is 11.9. The predicted octanol–water partition coefficient (Wildman–Crippen LogP) is 4.25. The molecule has 28 heavy (non-hydrogen) atoms. The topological polar surface area (TPSA) is 81.4 Å². The lowest BCUT2D eigenvalue weighted by molar-refractivity contribution is -0.137. The van der Waals surface area contributed by atoms with Gasteiger partial charge in [0.1, 0.15) is 0 Å². The predicted molar refractivity (Wildman–Crippen MR) is 98.1 cm³/mol. The first-order valence-corrected chi connectivity index (χ1v) is 8.71. The Labute approximate surface area is 160 Å². The number of ether oxygens (including phenoxy) is 1. The number of rotatable bonds is 7. The number of benzene rings is 2. The molecule has 2 rings (SSSR count). The van der Waals surface area contributed by atoms with E-state index in [2.05, 4.69) is 5.32 Å². The van der Waals surface area contributed by atoms with Gasteiger partial charge in [-0.05, 0) is 35.2 Å². The van der Waals surface area contributed by atoms with Crippen molar-refractivity contribution in [2.45, 2.75) is 38.6 Å². The van der Waals surface area contributed by atoms with E-state index in [0.717, 1.165) is 23.3 Å². The molecule has 0 fully saturated rings. The van der Waals surface area contributed by atoms with Crippen molar-refractivity contribution in [3.05, 3.63) is 59.7 Å². The molecule has 0 unspecified atom stereocenters. The molecule has 0 radical (unpaired) electrons. The van der Waals surface area contributed by atoms with Crippen molar-refractivity contribution in [3.8, 4) is 11.1 Å². The number of hydrogen-bond donors (Lipinski definition) is 2. The standard InChI is InChI=1S/C20H21F3N2O3/c1-2-3-17(28-19(24)27)18(26)25-12-13-4-6-14(7-5-13)15-8-10-16(11-9-15)20(21,22)23/h4-11,17H,2-3,12H2,1H3,(H2,24,27)(H,25,26)/t17-/m0/s1. The molecule has 0 bridgehead atoms. The van der Waals surface area contributed by atoms with Crippen molar-refractivity contribution in [2.24, 2.45) is 5.73 Å². The summed E-state index contributed by atoms with van der Waals surface area (Å²) in [5.74, 6) is -0.438. The molecule has 2 amide bonds. The third-order valence-electron chi connectivity index (χ3n) is 4.07. The maximum atomic E-state index is 12.6. The Kier molecular flexibility index (Phi) is 7.03. The van der Waals surface area contributed by atoms with Gasteiger partial charge in [0.05, 0.1) is 5.56 Å². The molecule has 0 aliphatic rings. The number of amides is 2. The first-order chi connectivity index (χ1) is 13.2. The molecule has 1 atom stereocenters. The van der Waals surface area contributed by atoms with Gasteiger partial charge in [-0.2, -0.15) is 13.2 Å². The molecule has 0 aliphatic carbocycles. The van der Waals surface area contributed by atoms with E-state index in [1.54, 1.807) is 24.3 Å². The van der Waals surface area contributed by atoms with E-state index in [-0.39, 0.29) is 6.54 Å². The molecule has 150 valence electrons. The average Bonchev–Trinajstić information content (AvgIpc) is 2.65. The molecule has 0 aromatic heterocycles. The highest BCUT2D eigenvalue weighted by Crippen LogP contribution is 2.31. The highest BCUT2D eigenvalue weighted by Gasteiger charge is 2.29. The molecule has 0 spiro atoms. The summed E-state index contributed by atoms with van der Waals surface area (Å²) in [5, 5.41) is 2.68. The van der Waals surface area contributed by atoms with Crippen molar-refractivity contribution >= 4 is 12.0 Å². The summed E-state index contributed by atoms with van der Waals surface area (Å²) in [6.45, 7) is 2.07. The fraction of sp³-hybridized carbons (Fsp3) is 0.300. The number of primary amides is 1. The van der Waals surface area contributed by atoms with Gasteiger partial charge < -0.3 is 15.8 Å². The summed E-state index contributed by atoms with van der Waals surface area (Å²) < 4.78 is 42.7. The van der Waals surface area contributed by atoms with Gasteiger partial charge >= 0.3 is 12.3 Å². The fourth-order valence-corrected chi connectivity index (χ4v) is 2.62. The second-order valence-corrected chi connectivity index (χ2v) is 6.20. The lowest BCUT2D eigenvalue weighted by Crippen LogP contribution is -2.38. The maximum Gasteiger partial charge on any atom is 0.416 e. The van der Waals surface area contributed by atoms with Crippen LogP contribution in [0.25, 0.3) is 11.1 Å². The number of carbonyl (C=O) groups excluding carboxylic acids is 2. The Hall–Kier alpha value is -3.03. The van der Waals surface area contributed by atoms with E-state index in [9.17, 15) is 22.8 Å². The van der Waals surface area contributed by atoms with Crippen LogP contribution in [0, 0.1) is 0 Å². The smallest absolute Gasteiger partial charge is 0.416 e. The zero-order valence-corrected chi connectivity index (χ0v) is 15.3. The summed E-state index contributed by atoms with van der Waals surface area (Å²) in [5.41, 5.74) is 6.47. The third kappa shape index (κ3) is 6.00. The molecule has 8 heteroatoms. The lowest BCUT2D eigenvalue weighted by atomic mass is 10.0. The number of halogens is 3. The zero-order chi connectivity index (χ0) is 20.7. The van der Waals surface area contributed by atoms with Crippen molar-refractivity contribution in [2.75, 3.05) is 0 Å². The third-order valence-corrected chi connectivity index (χ3v) is 4.07. The Morgan fingerprint density at radius 3 is 2.04 bits per heavy atom. The summed E-state index contributed by atoms with van der Waals surface area (Å²) in [4.78, 5) is 23.0. The van der Waals surface area contributed by atoms with E-state index in [0.29, 0.717) is 18.4 Å². The van der Waals surface area contributed by atoms with Crippen LogP contribution in [0.15, 0.2) is 48.5 Å². The molecule has 0 saturated carbocycles. The van der Waals surface area contributed by atoms with E-state index >= 15 is 0 Å². The average molecular weight is 394 g/mol. The SMILES string of the molecule is CCC[C@H](OC(N)=O)C(=O)NCc1ccc(-c2ccc(C(F)(F)F)cc2)cc1. The van der Waals surface area contributed by atoms with Gasteiger partial charge in [0.15, 0.2) is 6.10 Å². The van der Waals surface area contributed by atoms with Crippen molar-refractivity contribution in [3.63, 3.8) is 0 Å². The van der Waals surface area contributed by atoms with Crippen LogP contribution in [0.5, 0.6) is 0 Å². The molecular formula is C20H21F3N2O3. The normalized spacial score (nSPS) is 12.3. The van der Waals surface area contributed by atoms with Crippen molar-refractivity contribution in [1.82, 2.24) is 5.32 Å². The van der Waals surface area contributed by atoms with Crippen LogP contribution in [-0.4, -0.2) is 18.1 Å². The Balaban J connectivity index is 1.98. The number of nitrogens with one attached hydrogen (secondary N) is 1. The summed E-state index contributed by atoms with van der Waals surface area (Å²) in [6.07, 6.45) is -5.30. The van der Waals surface area contributed by atoms with Crippen LogP contribution in [0.4, 0.5) is 18.0 Å². The zero-order valence-electron chi connectivity index (χ0n) is 15.3. The van der Waals surface area contributed by atoms with Crippen LogP contribution < -0.4 is 11.1 Å². The van der Waals surface area contributed by atoms with E-state index in [1.165, 1.54) is 12.1 Å². The molecule has 2 aromatic rings. The summed E-state index contributed by atoms with van der Waals surface area (Å²) in [7, 11) is 0. The molecular weight excluding hydrogens is 373 g/mol. The number of carbonyl (C=O) groups is 2. The van der Waals surface area contributed by atoms with Gasteiger partial charge in [-0.15, -0.1) is 0 Å². The molecule has 5 nitrogen and oxygen atoms in total. The van der Waals surface area contributed by atoms with Gasteiger partial charge in [0.2, 0.25) is 0 Å². The minimum Gasteiger partial charge on any atom is -0.436 e. The van der Waals surface area contributed by atoms with E-state index < -0.39 is 29.8 Å². The molecule has 0 aliphatic heterocycles. The Bertz CT molecular complexity index is 803. The van der Waals surface area contributed by atoms with Crippen LogP contribution in [-0.2, 0) is 22.3 Å². The first kappa shape index (κ1) is 21.3.